The molecule has 1 saturated carbocycles. The van der Waals surface area contributed by atoms with Gasteiger partial charge in [0.1, 0.15) is 22.8 Å². The molecule has 5 N–H and O–H groups in total. The third kappa shape index (κ3) is 2.96. The van der Waals surface area contributed by atoms with Gasteiger partial charge in [-0.2, -0.15) is 0 Å². The molecule has 0 aromatic heterocycles. The summed E-state index contributed by atoms with van der Waals surface area (Å²) in [6, 6.07) is 5.30. The number of allylic oxidation sites excluding steroid dienone is 1. The minimum absolute atomic E-state index is 0.0222. The Hall–Kier alpha value is -3.13. The number of benzene rings is 1. The summed E-state index contributed by atoms with van der Waals surface area (Å²) in [6.07, 6.45) is -0.726. The number of carbonyl (C=O) groups excluding carboxylic acids is 3. The Morgan fingerprint density at radius 3 is 2.61 bits per heavy atom. The SMILES string of the molecule is CCCOc1cccc2c1C(O)=C1C(=O)C3C(O)=C(C(N)=O)C(=O)C[C@@H]3[C@@H](O)[C@@H]1[C@H]2C. The Morgan fingerprint density at radius 2 is 1.97 bits per heavy atom. The highest BCUT2D eigenvalue weighted by Crippen LogP contribution is 2.54. The first-order chi connectivity index (χ1) is 14.7. The highest BCUT2D eigenvalue weighted by atomic mass is 16.5. The summed E-state index contributed by atoms with van der Waals surface area (Å²) in [5.41, 5.74) is 5.71. The number of carbonyl (C=O) groups is 3. The van der Waals surface area contributed by atoms with Crippen LogP contribution < -0.4 is 10.5 Å². The van der Waals surface area contributed by atoms with Crippen LogP contribution in [0.15, 0.2) is 35.1 Å². The summed E-state index contributed by atoms with van der Waals surface area (Å²) < 4.78 is 5.77. The van der Waals surface area contributed by atoms with Crippen molar-refractivity contribution in [3.05, 3.63) is 46.2 Å². The predicted octanol–water partition coefficient (Wildman–Crippen LogP) is 1.92. The molecule has 4 rings (SSSR count). The summed E-state index contributed by atoms with van der Waals surface area (Å²) in [6.45, 7) is 4.21. The number of rotatable bonds is 4. The number of primary amides is 1. The van der Waals surface area contributed by atoms with Crippen molar-refractivity contribution in [1.82, 2.24) is 0 Å². The normalized spacial score (nSPS) is 30.0. The molecule has 8 heteroatoms. The van der Waals surface area contributed by atoms with Crippen LogP contribution in [0.25, 0.3) is 5.76 Å². The van der Waals surface area contributed by atoms with Gasteiger partial charge in [-0.25, -0.2) is 0 Å². The second-order valence-electron chi connectivity index (χ2n) is 8.39. The van der Waals surface area contributed by atoms with E-state index in [2.05, 4.69) is 0 Å². The molecule has 0 spiro atoms. The molecule has 164 valence electrons. The second kappa shape index (κ2) is 7.53. The molecular formula is C23H25NO7. The molecule has 3 aliphatic rings. The summed E-state index contributed by atoms with van der Waals surface area (Å²) in [5.74, 6) is -6.41. The molecule has 0 saturated heterocycles. The van der Waals surface area contributed by atoms with Gasteiger partial charge in [-0.05, 0) is 24.0 Å². The number of fused-ring (bicyclic) bond motifs is 3. The third-order valence-electron chi connectivity index (χ3n) is 6.65. The van der Waals surface area contributed by atoms with E-state index in [1.807, 2.05) is 19.9 Å². The van der Waals surface area contributed by atoms with Crippen molar-refractivity contribution in [2.24, 2.45) is 23.5 Å². The smallest absolute Gasteiger partial charge is 0.255 e. The zero-order valence-electron chi connectivity index (χ0n) is 17.3. The van der Waals surface area contributed by atoms with Gasteiger partial charge in [-0.3, -0.25) is 14.4 Å². The minimum atomic E-state index is -1.32. The number of Topliss-reactive ketones (excluding diaryl/α,β-unsaturated/α-hetero) is 2. The van der Waals surface area contributed by atoms with Crippen LogP contribution in [0.5, 0.6) is 5.75 Å². The molecule has 3 aliphatic carbocycles. The lowest BCUT2D eigenvalue weighted by Crippen LogP contribution is -2.52. The second-order valence-corrected chi connectivity index (χ2v) is 8.39. The number of amides is 1. The van der Waals surface area contributed by atoms with Gasteiger partial charge in [0.25, 0.3) is 5.91 Å². The largest absolute Gasteiger partial charge is 0.511 e. The number of ketones is 2. The van der Waals surface area contributed by atoms with Gasteiger partial charge in [0, 0.05) is 23.8 Å². The molecule has 31 heavy (non-hydrogen) atoms. The minimum Gasteiger partial charge on any atom is -0.511 e. The van der Waals surface area contributed by atoms with Crippen LogP contribution in [0.4, 0.5) is 0 Å². The van der Waals surface area contributed by atoms with Crippen molar-refractivity contribution in [2.45, 2.75) is 38.7 Å². The van der Waals surface area contributed by atoms with Crippen LogP contribution in [0, 0.1) is 17.8 Å². The van der Waals surface area contributed by atoms with Gasteiger partial charge in [0.15, 0.2) is 11.6 Å². The molecule has 0 radical (unpaired) electrons. The number of hydrogen-bond acceptors (Lipinski definition) is 7. The van der Waals surface area contributed by atoms with Crippen molar-refractivity contribution in [1.29, 1.82) is 0 Å². The van der Waals surface area contributed by atoms with Gasteiger partial charge in [0.05, 0.1) is 24.2 Å². The summed E-state index contributed by atoms with van der Waals surface area (Å²) in [7, 11) is 0. The fourth-order valence-electron chi connectivity index (χ4n) is 5.27. The Bertz CT molecular complexity index is 1050. The molecule has 1 amide bonds. The number of hydrogen-bond donors (Lipinski definition) is 4. The van der Waals surface area contributed by atoms with Gasteiger partial charge >= 0.3 is 0 Å². The summed E-state index contributed by atoms with van der Waals surface area (Å²) >= 11 is 0. The van der Waals surface area contributed by atoms with E-state index < -0.39 is 52.7 Å². The van der Waals surface area contributed by atoms with E-state index >= 15 is 0 Å². The van der Waals surface area contributed by atoms with Crippen LogP contribution in [-0.4, -0.2) is 45.5 Å². The van der Waals surface area contributed by atoms with E-state index in [1.165, 1.54) is 0 Å². The first-order valence-corrected chi connectivity index (χ1v) is 10.4. The fraction of sp³-hybridized carbons (Fsp3) is 0.435. The topological polar surface area (TPSA) is 147 Å². The lowest BCUT2D eigenvalue weighted by atomic mass is 9.57. The van der Waals surface area contributed by atoms with Crippen molar-refractivity contribution in [3.8, 4) is 5.75 Å². The third-order valence-corrected chi connectivity index (χ3v) is 6.65. The van der Waals surface area contributed by atoms with E-state index in [0.29, 0.717) is 17.9 Å². The maximum atomic E-state index is 13.5. The molecule has 0 heterocycles. The quantitative estimate of drug-likeness (QED) is 0.537. The number of aliphatic hydroxyl groups is 3. The van der Waals surface area contributed by atoms with Crippen molar-refractivity contribution >= 4 is 23.2 Å². The lowest BCUT2D eigenvalue weighted by molar-refractivity contribution is -0.133. The summed E-state index contributed by atoms with van der Waals surface area (Å²) in [4.78, 5) is 37.5. The molecule has 8 nitrogen and oxygen atoms in total. The van der Waals surface area contributed by atoms with Crippen LogP contribution in [0.2, 0.25) is 0 Å². The van der Waals surface area contributed by atoms with Crippen molar-refractivity contribution in [3.63, 3.8) is 0 Å². The number of ether oxygens (including phenoxy) is 1. The summed E-state index contributed by atoms with van der Waals surface area (Å²) in [5, 5.41) is 32.9. The highest BCUT2D eigenvalue weighted by Gasteiger charge is 2.56. The lowest BCUT2D eigenvalue weighted by Gasteiger charge is -2.46. The van der Waals surface area contributed by atoms with Crippen molar-refractivity contribution < 1.29 is 34.4 Å². The number of aliphatic hydroxyl groups excluding tert-OH is 3. The van der Waals surface area contributed by atoms with Crippen LogP contribution >= 0.6 is 0 Å². The maximum Gasteiger partial charge on any atom is 0.255 e. The Balaban J connectivity index is 1.91. The molecule has 0 aliphatic heterocycles. The maximum absolute atomic E-state index is 13.5. The molecule has 1 aromatic carbocycles. The van der Waals surface area contributed by atoms with Crippen LogP contribution in [0.3, 0.4) is 0 Å². The molecule has 0 bridgehead atoms. The van der Waals surface area contributed by atoms with E-state index in [-0.39, 0.29) is 23.7 Å². The zero-order chi connectivity index (χ0) is 22.6. The van der Waals surface area contributed by atoms with E-state index in [0.717, 1.165) is 12.0 Å². The van der Waals surface area contributed by atoms with Crippen LogP contribution in [0.1, 0.15) is 43.7 Å². The molecular weight excluding hydrogens is 402 g/mol. The monoisotopic (exact) mass is 427 g/mol. The van der Waals surface area contributed by atoms with Gasteiger partial charge in [-0.1, -0.05) is 26.0 Å². The Kier molecular flexibility index (Phi) is 5.13. The fourth-order valence-corrected chi connectivity index (χ4v) is 5.27. The van der Waals surface area contributed by atoms with E-state index in [9.17, 15) is 29.7 Å². The molecule has 1 unspecified atom stereocenters. The highest BCUT2D eigenvalue weighted by molar-refractivity contribution is 6.21. The van der Waals surface area contributed by atoms with Crippen LogP contribution in [-0.2, 0) is 14.4 Å². The van der Waals surface area contributed by atoms with Gasteiger partial charge in [0.2, 0.25) is 0 Å². The van der Waals surface area contributed by atoms with E-state index in [1.54, 1.807) is 12.1 Å². The Morgan fingerprint density at radius 1 is 1.26 bits per heavy atom. The van der Waals surface area contributed by atoms with Gasteiger partial charge in [-0.15, -0.1) is 0 Å². The first kappa shape index (κ1) is 21.1. The Labute approximate surface area is 179 Å². The van der Waals surface area contributed by atoms with E-state index in [4.69, 9.17) is 10.5 Å². The average molecular weight is 427 g/mol. The zero-order valence-corrected chi connectivity index (χ0v) is 17.3. The predicted molar refractivity (Wildman–Crippen MR) is 110 cm³/mol. The standard InChI is InChI=1S/C23H25NO7/c1-3-7-31-13-6-4-5-10-9(2)14-18(20(27)15(10)13)22(29)16-11(19(14)26)8-12(25)17(21(16)28)23(24)30/h4-6,9,11,14,16,19,26-28H,3,7-8H2,1-2H3,(H2,24,30)/t9-,11-,14+,16?,19+/m0/s1. The first-order valence-electron chi connectivity index (χ1n) is 10.4. The average Bonchev–Trinajstić information content (AvgIpc) is 2.72. The molecule has 1 fully saturated rings. The van der Waals surface area contributed by atoms with Crippen molar-refractivity contribution in [2.75, 3.05) is 6.61 Å². The molecule has 1 aromatic rings. The number of nitrogens with two attached hydrogens (primary N) is 1. The van der Waals surface area contributed by atoms with Gasteiger partial charge < -0.3 is 25.8 Å². The molecule has 5 atom stereocenters.